The maximum absolute atomic E-state index is 14.2. The van der Waals surface area contributed by atoms with Crippen LogP contribution in [-0.2, 0) is 43.1 Å². The molecule has 13 nitrogen and oxygen atoms in total. The average molecular weight is 792 g/mol. The first kappa shape index (κ1) is 48.2. The number of benzene rings is 3. The molecule has 0 aliphatic heterocycles. The molecule has 0 bridgehead atoms. The second-order valence-corrected chi connectivity index (χ2v) is 15.9. The van der Waals surface area contributed by atoms with Crippen LogP contribution in [0.2, 0.25) is 0 Å². The van der Waals surface area contributed by atoms with Crippen LogP contribution in [0, 0.1) is 11.8 Å². The van der Waals surface area contributed by atoms with Gasteiger partial charge in [0.05, 0.1) is 17.8 Å². The molecular weight excluding hydrogens is 743 g/mol. The molecule has 0 spiro atoms. The number of unbranched alkanes of at least 4 members (excludes halogenated alkanes) is 1. The molecule has 4 aromatic rings. The Balaban J connectivity index is 0.00000523. The van der Waals surface area contributed by atoms with Crippen LogP contribution in [0.3, 0.4) is 0 Å². The Morgan fingerprint density at radius 1 is 0.800 bits per heavy atom. The molecule has 1 aromatic heterocycles. The van der Waals surface area contributed by atoms with E-state index in [4.69, 9.17) is 10.5 Å². The topological polar surface area (TPSA) is 219 Å². The second kappa shape index (κ2) is 23.9. The molecular formula is C39H48N5Na2O8P. The van der Waals surface area contributed by atoms with Gasteiger partial charge in [-0.2, -0.15) is 0 Å². The molecule has 0 saturated heterocycles. The number of ether oxygens (including phenoxy) is 1. The van der Waals surface area contributed by atoms with Gasteiger partial charge in [0.25, 0.3) is 0 Å². The molecule has 55 heavy (non-hydrogen) atoms. The van der Waals surface area contributed by atoms with E-state index < -0.39 is 67.1 Å². The van der Waals surface area contributed by atoms with Crippen molar-refractivity contribution in [3.05, 3.63) is 108 Å². The Kier molecular flexibility index (Phi) is 21.0. The van der Waals surface area contributed by atoms with Crippen LogP contribution in [-0.4, -0.2) is 59.4 Å². The normalized spacial score (nSPS) is 14.2. The number of hydrogen-bond donors (Lipinski definition) is 5. The number of aliphatic carboxylic acids is 1. The summed E-state index contributed by atoms with van der Waals surface area (Å²) < 4.78 is 19.6. The summed E-state index contributed by atoms with van der Waals surface area (Å²) in [5.74, 6) is -6.17. The largest absolute Gasteiger partial charge is 1.00 e. The molecule has 1 heterocycles. The fourth-order valence-electron chi connectivity index (χ4n) is 6.05. The monoisotopic (exact) mass is 791 g/mol. The van der Waals surface area contributed by atoms with Gasteiger partial charge in [0.2, 0.25) is 11.8 Å². The number of aromatic amines is 1. The maximum Gasteiger partial charge on any atom is 1.00 e. The van der Waals surface area contributed by atoms with Crippen molar-refractivity contribution < 1.29 is 97.6 Å². The number of alkyl carbamates (subject to hydrolysis) is 1. The zero-order valence-electron chi connectivity index (χ0n) is 32.0. The average Bonchev–Trinajstić information content (AvgIpc) is 3.55. The van der Waals surface area contributed by atoms with Crippen LogP contribution in [0.25, 0.3) is 10.9 Å². The van der Waals surface area contributed by atoms with Gasteiger partial charge in [0.15, 0.2) is 0 Å². The molecule has 3 amide bonds. The van der Waals surface area contributed by atoms with Crippen LogP contribution in [0.4, 0.5) is 4.79 Å². The molecule has 5 atom stereocenters. The molecule has 6 N–H and O–H groups in total. The Morgan fingerprint density at radius 3 is 2.04 bits per heavy atom. The summed E-state index contributed by atoms with van der Waals surface area (Å²) in [7, 11) is -4.68. The van der Waals surface area contributed by atoms with Crippen molar-refractivity contribution in [3.8, 4) is 0 Å². The Bertz CT molecular complexity index is 1860. The molecule has 0 aliphatic carbocycles. The first-order chi connectivity index (χ1) is 25.4. The second-order valence-electron chi connectivity index (χ2n) is 13.5. The van der Waals surface area contributed by atoms with E-state index in [2.05, 4.69) is 20.9 Å². The molecule has 0 saturated carbocycles. The number of amides is 3. The van der Waals surface area contributed by atoms with E-state index in [0.717, 1.165) is 16.5 Å². The number of hydrogen-bond acceptors (Lipinski definition) is 9. The fourth-order valence-corrected chi connectivity index (χ4v) is 8.25. The minimum Gasteiger partial charge on any atom is -0.798 e. The standard InChI is InChI=1S/C39H50N5O8P.2Na/c1-26(2)31(36(45)42-34(38(47)48)22-29-23-41-32-18-10-9-17-30(29)32)25-53(50,51)35(21-27-13-5-3-6-14-27)44-37(46)33(19-11-12-20-40)43-39(49)52-24-28-15-7-4-8-16-28;;/h3-10,13-18,23,26,31,33-35,41H,11-12,19-22,24-25,40H2,1-2H3,(H,42,45)(H,43,49)(H,44,46)(H,47,48)(H,50,51);;/q;2*+1/p-2/t31?,33-,34-,35?;;/m0../s1. The number of carbonyl (C=O) groups excluding carboxylic acids is 4. The van der Waals surface area contributed by atoms with Crippen molar-refractivity contribution in [2.75, 3.05) is 12.7 Å². The third-order valence-corrected chi connectivity index (χ3v) is 11.3. The summed E-state index contributed by atoms with van der Waals surface area (Å²) in [6.45, 7) is 3.66. The molecule has 284 valence electrons. The first-order valence-electron chi connectivity index (χ1n) is 17.8. The maximum atomic E-state index is 14.2. The van der Waals surface area contributed by atoms with E-state index in [1.54, 1.807) is 74.6 Å². The predicted molar refractivity (Wildman–Crippen MR) is 198 cm³/mol. The zero-order valence-corrected chi connectivity index (χ0v) is 36.9. The third-order valence-electron chi connectivity index (χ3n) is 9.12. The molecule has 0 radical (unpaired) electrons. The first-order valence-corrected chi connectivity index (χ1v) is 19.6. The SMILES string of the molecule is CC(C)C(CP(=O)([O-])C(Cc1ccccc1)NC(=O)[C@H](CCCCN)NC(=O)OCc1ccccc1)C(=O)N[C@@H](Cc1c[nH]c2ccccc12)C(=O)[O-].[Na+].[Na+]. The van der Waals surface area contributed by atoms with Crippen LogP contribution < -0.4 is 90.8 Å². The Morgan fingerprint density at radius 2 is 1.42 bits per heavy atom. The van der Waals surface area contributed by atoms with Crippen LogP contribution in [0.5, 0.6) is 0 Å². The summed E-state index contributed by atoms with van der Waals surface area (Å²) in [4.78, 5) is 69.8. The van der Waals surface area contributed by atoms with Crippen molar-refractivity contribution in [1.29, 1.82) is 0 Å². The molecule has 3 unspecified atom stereocenters. The summed E-state index contributed by atoms with van der Waals surface area (Å²) in [5, 5.41) is 20.7. The number of H-pyrrole nitrogens is 1. The van der Waals surface area contributed by atoms with Crippen LogP contribution >= 0.6 is 7.37 Å². The quantitative estimate of drug-likeness (QED) is 0.0349. The van der Waals surface area contributed by atoms with Gasteiger partial charge in [-0.3, -0.25) is 9.59 Å². The summed E-state index contributed by atoms with van der Waals surface area (Å²) >= 11 is 0. The number of nitrogens with one attached hydrogen (secondary N) is 4. The number of rotatable bonds is 20. The minimum absolute atomic E-state index is 0. The zero-order chi connectivity index (χ0) is 38.4. The number of carboxylic acid groups (broad SMARTS) is 1. The van der Waals surface area contributed by atoms with Crippen molar-refractivity contribution >= 4 is 42.1 Å². The van der Waals surface area contributed by atoms with Gasteiger partial charge in [0.1, 0.15) is 12.6 Å². The van der Waals surface area contributed by atoms with E-state index in [1.165, 1.54) is 0 Å². The van der Waals surface area contributed by atoms with Crippen molar-refractivity contribution in [2.45, 2.75) is 70.4 Å². The number of para-hydroxylation sites is 1. The van der Waals surface area contributed by atoms with Gasteiger partial charge < -0.3 is 50.8 Å². The van der Waals surface area contributed by atoms with E-state index in [1.807, 2.05) is 30.3 Å². The van der Waals surface area contributed by atoms with Crippen LogP contribution in [0.1, 0.15) is 49.8 Å². The van der Waals surface area contributed by atoms with Crippen molar-refractivity contribution in [1.82, 2.24) is 20.9 Å². The smallest absolute Gasteiger partial charge is 0.798 e. The number of carbonyl (C=O) groups is 4. The molecule has 3 aromatic carbocycles. The van der Waals surface area contributed by atoms with E-state index in [-0.39, 0.29) is 85.0 Å². The van der Waals surface area contributed by atoms with Gasteiger partial charge in [-0.25, -0.2) is 4.79 Å². The summed E-state index contributed by atoms with van der Waals surface area (Å²) in [6.07, 6.45) is 1.16. The van der Waals surface area contributed by atoms with E-state index in [0.29, 0.717) is 30.5 Å². The molecule has 16 heteroatoms. The molecule has 4 rings (SSSR count). The van der Waals surface area contributed by atoms with Crippen LogP contribution in [0.15, 0.2) is 91.1 Å². The third kappa shape index (κ3) is 15.1. The number of carboxylic acids is 1. The molecule has 0 fully saturated rings. The molecule has 0 aliphatic rings. The fraction of sp³-hybridized carbons (Fsp3) is 0.385. The van der Waals surface area contributed by atoms with E-state index in [9.17, 15) is 33.7 Å². The van der Waals surface area contributed by atoms with Gasteiger partial charge in [-0.05, 0) is 60.9 Å². The van der Waals surface area contributed by atoms with Gasteiger partial charge in [-0.1, -0.05) is 92.7 Å². The predicted octanol–water partition coefficient (Wildman–Crippen LogP) is -3.03. The van der Waals surface area contributed by atoms with Gasteiger partial charge >= 0.3 is 65.2 Å². The Hall–Kier alpha value is -2.97. The van der Waals surface area contributed by atoms with E-state index >= 15 is 0 Å². The summed E-state index contributed by atoms with van der Waals surface area (Å²) in [5.41, 5.74) is 8.47. The number of aromatic nitrogens is 1. The van der Waals surface area contributed by atoms with Gasteiger partial charge in [-0.15, -0.1) is 0 Å². The summed E-state index contributed by atoms with van der Waals surface area (Å²) in [6, 6.07) is 22.4. The minimum atomic E-state index is -4.68. The van der Waals surface area contributed by atoms with Crippen molar-refractivity contribution in [2.24, 2.45) is 17.6 Å². The van der Waals surface area contributed by atoms with Crippen molar-refractivity contribution in [3.63, 3.8) is 0 Å². The van der Waals surface area contributed by atoms with Gasteiger partial charge in [0, 0.05) is 43.0 Å². The Labute approximate surface area is 366 Å². The number of nitrogens with two attached hydrogens (primary N) is 1. The number of fused-ring (bicyclic) bond motifs is 1.